The van der Waals surface area contributed by atoms with E-state index < -0.39 is 5.66 Å². The third-order valence-corrected chi connectivity index (χ3v) is 5.41. The molecule has 2 aliphatic rings. The van der Waals surface area contributed by atoms with Gasteiger partial charge in [-0.3, -0.25) is 9.80 Å². The van der Waals surface area contributed by atoms with Crippen molar-refractivity contribution in [1.29, 1.82) is 0 Å². The number of piperidine rings is 1. The van der Waals surface area contributed by atoms with Crippen LogP contribution in [0.3, 0.4) is 0 Å². The number of benzene rings is 1. The van der Waals surface area contributed by atoms with Crippen molar-refractivity contribution < 1.29 is 13.7 Å². The van der Waals surface area contributed by atoms with E-state index in [4.69, 9.17) is 9.26 Å². The Kier molecular flexibility index (Phi) is 4.28. The molecule has 6 heteroatoms. The van der Waals surface area contributed by atoms with Gasteiger partial charge in [-0.1, -0.05) is 18.5 Å². The second-order valence-electron chi connectivity index (χ2n) is 6.67. The lowest BCUT2D eigenvalue weighted by Crippen LogP contribution is -2.65. The number of likely N-dealkylation sites (N-methyl/N-ethyl adjacent to an activating group) is 1. The van der Waals surface area contributed by atoms with Gasteiger partial charge < -0.3 is 9.26 Å². The van der Waals surface area contributed by atoms with Gasteiger partial charge in [0.1, 0.15) is 17.2 Å². The van der Waals surface area contributed by atoms with E-state index in [9.17, 15) is 4.39 Å². The molecule has 2 saturated heterocycles. The van der Waals surface area contributed by atoms with Crippen LogP contribution in [0.25, 0.3) is 11.0 Å². The maximum absolute atomic E-state index is 13.5. The molecule has 0 saturated carbocycles. The number of aromatic nitrogens is 1. The first-order chi connectivity index (χ1) is 11.8. The highest BCUT2D eigenvalue weighted by Crippen LogP contribution is 2.40. The zero-order chi connectivity index (χ0) is 16.6. The second kappa shape index (κ2) is 6.43. The molecule has 2 fully saturated rings. The lowest BCUT2D eigenvalue weighted by Gasteiger charge is -2.52. The Morgan fingerprint density at radius 1 is 1.21 bits per heavy atom. The standard InChI is InChI=1S/C18H24FN3O2/c1-2-21-10-11-23-13-18(21,22-8-4-3-5-9-22)17-15-7-6-14(19)12-16(15)24-20-17/h6-7,12H,2-5,8-11,13H2,1H3. The molecule has 0 amide bonds. The average Bonchev–Trinajstić information content (AvgIpc) is 3.05. The monoisotopic (exact) mass is 333 g/mol. The second-order valence-corrected chi connectivity index (χ2v) is 6.67. The van der Waals surface area contributed by atoms with E-state index in [0.717, 1.165) is 43.9 Å². The fourth-order valence-corrected chi connectivity index (χ4v) is 4.21. The molecule has 0 N–H and O–H groups in total. The molecule has 0 spiro atoms. The third-order valence-electron chi connectivity index (χ3n) is 5.41. The van der Waals surface area contributed by atoms with Crippen molar-refractivity contribution in [3.63, 3.8) is 0 Å². The lowest BCUT2D eigenvalue weighted by atomic mass is 9.94. The highest BCUT2D eigenvalue weighted by molar-refractivity contribution is 5.80. The minimum atomic E-state index is -0.420. The number of ether oxygens (including phenoxy) is 1. The summed E-state index contributed by atoms with van der Waals surface area (Å²) in [4.78, 5) is 4.92. The Balaban J connectivity index is 1.87. The van der Waals surface area contributed by atoms with Crippen LogP contribution in [0.5, 0.6) is 0 Å². The van der Waals surface area contributed by atoms with E-state index in [1.807, 2.05) is 0 Å². The zero-order valence-electron chi connectivity index (χ0n) is 14.1. The maximum atomic E-state index is 13.5. The number of fused-ring (bicyclic) bond motifs is 1. The average molecular weight is 333 g/mol. The molecule has 130 valence electrons. The van der Waals surface area contributed by atoms with Crippen molar-refractivity contribution >= 4 is 11.0 Å². The SMILES string of the molecule is CCN1CCOCC1(c1noc2cc(F)ccc12)N1CCCCC1. The van der Waals surface area contributed by atoms with Crippen molar-refractivity contribution in [3.8, 4) is 0 Å². The molecule has 1 unspecified atom stereocenters. The van der Waals surface area contributed by atoms with Crippen LogP contribution in [0.1, 0.15) is 31.9 Å². The van der Waals surface area contributed by atoms with Gasteiger partial charge in [0.2, 0.25) is 0 Å². The molecule has 1 aromatic carbocycles. The smallest absolute Gasteiger partial charge is 0.170 e. The fourth-order valence-electron chi connectivity index (χ4n) is 4.21. The highest BCUT2D eigenvalue weighted by atomic mass is 19.1. The Labute approximate surface area is 141 Å². The van der Waals surface area contributed by atoms with Gasteiger partial charge in [-0.25, -0.2) is 4.39 Å². The van der Waals surface area contributed by atoms with E-state index >= 15 is 0 Å². The van der Waals surface area contributed by atoms with E-state index in [1.54, 1.807) is 6.07 Å². The van der Waals surface area contributed by atoms with E-state index in [-0.39, 0.29) is 5.82 Å². The molecular formula is C18H24FN3O2. The molecule has 0 radical (unpaired) electrons. The van der Waals surface area contributed by atoms with Gasteiger partial charge in [-0.05, 0) is 31.5 Å². The first-order valence-electron chi connectivity index (χ1n) is 8.89. The van der Waals surface area contributed by atoms with Crippen molar-refractivity contribution in [2.45, 2.75) is 31.8 Å². The predicted octanol–water partition coefficient (Wildman–Crippen LogP) is 2.96. The van der Waals surface area contributed by atoms with Gasteiger partial charge in [-0.2, -0.15) is 0 Å². The summed E-state index contributed by atoms with van der Waals surface area (Å²) in [6, 6.07) is 4.67. The summed E-state index contributed by atoms with van der Waals surface area (Å²) in [5.41, 5.74) is 0.945. The van der Waals surface area contributed by atoms with Crippen LogP contribution < -0.4 is 0 Å². The van der Waals surface area contributed by atoms with Crippen molar-refractivity contribution in [2.75, 3.05) is 39.4 Å². The number of hydrogen-bond acceptors (Lipinski definition) is 5. The molecule has 2 aliphatic heterocycles. The topological polar surface area (TPSA) is 41.7 Å². The van der Waals surface area contributed by atoms with Crippen molar-refractivity contribution in [2.24, 2.45) is 0 Å². The van der Waals surface area contributed by atoms with E-state index in [2.05, 4.69) is 21.9 Å². The molecular weight excluding hydrogens is 309 g/mol. The molecule has 2 aromatic rings. The first-order valence-corrected chi connectivity index (χ1v) is 8.89. The summed E-state index contributed by atoms with van der Waals surface area (Å²) in [6.07, 6.45) is 3.64. The summed E-state index contributed by atoms with van der Waals surface area (Å²) < 4.78 is 25.0. The molecule has 0 bridgehead atoms. The van der Waals surface area contributed by atoms with Crippen molar-refractivity contribution in [1.82, 2.24) is 15.0 Å². The molecule has 1 atom stereocenters. The summed E-state index contributed by atoms with van der Waals surface area (Å²) in [7, 11) is 0. The summed E-state index contributed by atoms with van der Waals surface area (Å²) in [5.74, 6) is -0.301. The Morgan fingerprint density at radius 3 is 2.83 bits per heavy atom. The quantitative estimate of drug-likeness (QED) is 0.864. The van der Waals surface area contributed by atoms with Crippen LogP contribution in [0.2, 0.25) is 0 Å². The first kappa shape index (κ1) is 16.0. The molecule has 3 heterocycles. The number of hydrogen-bond donors (Lipinski definition) is 0. The number of morpholine rings is 1. The van der Waals surface area contributed by atoms with Crippen LogP contribution in [0.4, 0.5) is 4.39 Å². The number of rotatable bonds is 3. The normalized spacial score (nSPS) is 26.9. The molecule has 0 aliphatic carbocycles. The van der Waals surface area contributed by atoms with Gasteiger partial charge >= 0.3 is 0 Å². The summed E-state index contributed by atoms with van der Waals surface area (Å²) in [6.45, 7) is 7.29. The van der Waals surface area contributed by atoms with Crippen LogP contribution in [-0.4, -0.2) is 54.3 Å². The Bertz CT molecular complexity index is 713. The lowest BCUT2D eigenvalue weighted by molar-refractivity contribution is -0.163. The third kappa shape index (κ3) is 2.44. The number of halogens is 1. The fraction of sp³-hybridized carbons (Fsp3) is 0.611. The Morgan fingerprint density at radius 2 is 2.04 bits per heavy atom. The van der Waals surface area contributed by atoms with Crippen LogP contribution >= 0.6 is 0 Å². The van der Waals surface area contributed by atoms with Gasteiger partial charge in [0.15, 0.2) is 5.58 Å². The highest BCUT2D eigenvalue weighted by Gasteiger charge is 2.49. The molecule has 1 aromatic heterocycles. The zero-order valence-corrected chi connectivity index (χ0v) is 14.1. The molecule has 5 nitrogen and oxygen atoms in total. The summed E-state index contributed by atoms with van der Waals surface area (Å²) in [5, 5.41) is 5.28. The van der Waals surface area contributed by atoms with Crippen LogP contribution in [0.15, 0.2) is 22.7 Å². The Hall–Kier alpha value is -1.50. The van der Waals surface area contributed by atoms with Crippen LogP contribution in [-0.2, 0) is 10.4 Å². The molecule has 24 heavy (non-hydrogen) atoms. The van der Waals surface area contributed by atoms with Gasteiger partial charge in [0.05, 0.1) is 13.2 Å². The van der Waals surface area contributed by atoms with Gasteiger partial charge in [0, 0.05) is 31.1 Å². The summed E-state index contributed by atoms with van der Waals surface area (Å²) >= 11 is 0. The predicted molar refractivity (Wildman–Crippen MR) is 89.1 cm³/mol. The van der Waals surface area contributed by atoms with E-state index in [0.29, 0.717) is 12.2 Å². The number of nitrogens with zero attached hydrogens (tertiary/aromatic N) is 3. The van der Waals surface area contributed by atoms with Gasteiger partial charge in [0.25, 0.3) is 0 Å². The van der Waals surface area contributed by atoms with Crippen LogP contribution in [0, 0.1) is 5.82 Å². The van der Waals surface area contributed by atoms with E-state index in [1.165, 1.54) is 31.4 Å². The van der Waals surface area contributed by atoms with Gasteiger partial charge in [-0.15, -0.1) is 0 Å². The molecule has 4 rings (SSSR count). The van der Waals surface area contributed by atoms with Crippen molar-refractivity contribution in [3.05, 3.63) is 29.7 Å². The number of likely N-dealkylation sites (tertiary alicyclic amines) is 1. The maximum Gasteiger partial charge on any atom is 0.170 e. The minimum absolute atomic E-state index is 0.301. The largest absolute Gasteiger partial charge is 0.376 e. The minimum Gasteiger partial charge on any atom is -0.376 e.